The Morgan fingerprint density at radius 1 is 1.48 bits per heavy atom. The van der Waals surface area contributed by atoms with Crippen LogP contribution >= 0.6 is 0 Å². The summed E-state index contributed by atoms with van der Waals surface area (Å²) >= 11 is 0. The Balaban J connectivity index is 2.07. The van der Waals surface area contributed by atoms with Gasteiger partial charge in [-0.15, -0.1) is 0 Å². The third-order valence-electron chi connectivity index (χ3n) is 4.81. The van der Waals surface area contributed by atoms with Gasteiger partial charge in [0.25, 0.3) is 5.91 Å². The van der Waals surface area contributed by atoms with Crippen LogP contribution in [0.3, 0.4) is 0 Å². The molecule has 132 valence electrons. The van der Waals surface area contributed by atoms with E-state index in [1.54, 1.807) is 0 Å². The van der Waals surface area contributed by atoms with Crippen molar-refractivity contribution in [2.24, 2.45) is 5.73 Å². The number of carbonyl (C=O) groups excluding carboxylic acids is 2. The van der Waals surface area contributed by atoms with Gasteiger partial charge in [0.05, 0.1) is 16.8 Å². The molecule has 3 rings (SSSR count). The maximum Gasteiger partial charge on any atom is 0.250 e. The van der Waals surface area contributed by atoms with Gasteiger partial charge in [-0.05, 0) is 38.0 Å². The van der Waals surface area contributed by atoms with E-state index >= 15 is 0 Å². The van der Waals surface area contributed by atoms with Gasteiger partial charge >= 0.3 is 0 Å². The molecule has 25 heavy (non-hydrogen) atoms. The van der Waals surface area contributed by atoms with Gasteiger partial charge in [-0.3, -0.25) is 9.59 Å². The first-order valence-corrected chi connectivity index (χ1v) is 8.12. The van der Waals surface area contributed by atoms with Gasteiger partial charge in [0.2, 0.25) is 5.91 Å². The molecule has 1 aromatic carbocycles. The molecule has 0 saturated carbocycles. The number of nitrogens with two attached hydrogens (primary N) is 1. The molecule has 0 spiro atoms. The van der Waals surface area contributed by atoms with Crippen LogP contribution in [0.25, 0.3) is 10.9 Å². The van der Waals surface area contributed by atoms with Crippen molar-refractivity contribution in [3.8, 4) is 0 Å². The number of hydrogen-bond acceptors (Lipinski definition) is 3. The van der Waals surface area contributed by atoms with Gasteiger partial charge in [0.1, 0.15) is 5.82 Å². The predicted octanol–water partition coefficient (Wildman–Crippen LogP) is 1.90. The van der Waals surface area contributed by atoms with Crippen LogP contribution in [0.1, 0.15) is 28.0 Å². The molecule has 0 unspecified atom stereocenters. The standard InChI is InChI=1S/C18H21FN4O2/c1-4-14(24)22-11-5-6-23(8-11)17-13(19)7-12(18(20)25)16-15(17)9(2)10(3)21-16/h4,7,11,21H,1,5-6,8H2,2-3H3,(H2,20,25)(H,22,24)/t11-/m0/s1. The van der Waals surface area contributed by atoms with E-state index in [2.05, 4.69) is 16.9 Å². The molecule has 2 amide bonds. The molecule has 0 aliphatic carbocycles. The summed E-state index contributed by atoms with van der Waals surface area (Å²) in [7, 11) is 0. The highest BCUT2D eigenvalue weighted by Crippen LogP contribution is 2.37. The first kappa shape index (κ1) is 17.0. The average Bonchev–Trinajstić information content (AvgIpc) is 3.12. The molecule has 0 radical (unpaired) electrons. The molecule has 1 fully saturated rings. The number of primary amides is 1. The molecule has 6 nitrogen and oxygen atoms in total. The lowest BCUT2D eigenvalue weighted by atomic mass is 10.0. The van der Waals surface area contributed by atoms with Crippen LogP contribution in [0.2, 0.25) is 0 Å². The second-order valence-corrected chi connectivity index (χ2v) is 6.39. The summed E-state index contributed by atoms with van der Waals surface area (Å²) in [5, 5.41) is 3.51. The van der Waals surface area contributed by atoms with E-state index in [9.17, 15) is 14.0 Å². The van der Waals surface area contributed by atoms with Gasteiger partial charge < -0.3 is 20.9 Å². The second-order valence-electron chi connectivity index (χ2n) is 6.39. The van der Waals surface area contributed by atoms with E-state index in [-0.39, 0.29) is 17.5 Å². The van der Waals surface area contributed by atoms with E-state index in [0.29, 0.717) is 36.1 Å². The Hall–Kier alpha value is -2.83. The highest BCUT2D eigenvalue weighted by molar-refractivity contribution is 6.10. The van der Waals surface area contributed by atoms with Crippen molar-refractivity contribution < 1.29 is 14.0 Å². The Kier molecular flexibility index (Phi) is 4.24. The zero-order valence-corrected chi connectivity index (χ0v) is 14.3. The first-order valence-electron chi connectivity index (χ1n) is 8.12. The van der Waals surface area contributed by atoms with Crippen LogP contribution in [0.4, 0.5) is 10.1 Å². The number of amides is 2. The number of aryl methyl sites for hydroxylation is 2. The van der Waals surface area contributed by atoms with Crippen molar-refractivity contribution in [1.82, 2.24) is 10.3 Å². The lowest BCUT2D eigenvalue weighted by Gasteiger charge is -2.22. The van der Waals surface area contributed by atoms with E-state index in [4.69, 9.17) is 5.73 Å². The zero-order valence-electron chi connectivity index (χ0n) is 14.3. The quantitative estimate of drug-likeness (QED) is 0.740. The van der Waals surface area contributed by atoms with Crippen LogP contribution in [0.5, 0.6) is 0 Å². The molecule has 7 heteroatoms. The number of nitrogens with zero attached hydrogens (tertiary/aromatic N) is 1. The largest absolute Gasteiger partial charge is 0.366 e. The Bertz CT molecular complexity index is 887. The number of aromatic amines is 1. The number of benzene rings is 1. The van der Waals surface area contributed by atoms with Crippen molar-refractivity contribution in [2.75, 3.05) is 18.0 Å². The molecule has 1 aliphatic heterocycles. The lowest BCUT2D eigenvalue weighted by molar-refractivity contribution is -0.117. The number of carbonyl (C=O) groups is 2. The fourth-order valence-corrected chi connectivity index (χ4v) is 3.45. The summed E-state index contributed by atoms with van der Waals surface area (Å²) < 4.78 is 14.9. The molecule has 0 bridgehead atoms. The van der Waals surface area contributed by atoms with E-state index < -0.39 is 11.7 Å². The van der Waals surface area contributed by atoms with Crippen molar-refractivity contribution >= 4 is 28.4 Å². The Morgan fingerprint density at radius 2 is 2.20 bits per heavy atom. The van der Waals surface area contributed by atoms with Gasteiger partial charge in [0, 0.05) is 30.2 Å². The van der Waals surface area contributed by atoms with Gasteiger partial charge in [0.15, 0.2) is 0 Å². The van der Waals surface area contributed by atoms with Crippen molar-refractivity contribution in [3.63, 3.8) is 0 Å². The number of rotatable bonds is 4. The summed E-state index contributed by atoms with van der Waals surface area (Å²) in [6.45, 7) is 8.30. The molecule has 1 saturated heterocycles. The minimum Gasteiger partial charge on any atom is -0.366 e. The monoisotopic (exact) mass is 344 g/mol. The molecular formula is C18H21FN4O2. The Morgan fingerprint density at radius 3 is 2.84 bits per heavy atom. The predicted molar refractivity (Wildman–Crippen MR) is 95.2 cm³/mol. The van der Waals surface area contributed by atoms with Crippen molar-refractivity contribution in [2.45, 2.75) is 26.3 Å². The van der Waals surface area contributed by atoms with E-state index in [0.717, 1.165) is 11.3 Å². The van der Waals surface area contributed by atoms with Crippen LogP contribution < -0.4 is 16.0 Å². The summed E-state index contributed by atoms with van der Waals surface area (Å²) in [6, 6.07) is 1.11. The SMILES string of the molecule is C=CC(=O)N[C@H]1CCN(c2c(F)cc(C(N)=O)c3[nH]c(C)c(C)c23)C1. The third kappa shape index (κ3) is 2.86. The number of aromatic nitrogens is 1. The number of nitrogens with one attached hydrogen (secondary N) is 2. The second kappa shape index (κ2) is 6.23. The fraction of sp³-hybridized carbons (Fsp3) is 0.333. The van der Waals surface area contributed by atoms with Gasteiger partial charge in [-0.2, -0.15) is 0 Å². The van der Waals surface area contributed by atoms with Crippen LogP contribution in [-0.4, -0.2) is 35.9 Å². The third-order valence-corrected chi connectivity index (χ3v) is 4.81. The fourth-order valence-electron chi connectivity index (χ4n) is 3.45. The summed E-state index contributed by atoms with van der Waals surface area (Å²) in [4.78, 5) is 28.2. The highest BCUT2D eigenvalue weighted by atomic mass is 19.1. The van der Waals surface area contributed by atoms with Crippen molar-refractivity contribution in [1.29, 1.82) is 0 Å². The van der Waals surface area contributed by atoms with Gasteiger partial charge in [-0.1, -0.05) is 6.58 Å². The van der Waals surface area contributed by atoms with Crippen LogP contribution in [0, 0.1) is 19.7 Å². The molecule has 1 aliphatic rings. The minimum absolute atomic E-state index is 0.0730. The topological polar surface area (TPSA) is 91.2 Å². The number of fused-ring (bicyclic) bond motifs is 1. The number of halogens is 1. The van der Waals surface area contributed by atoms with E-state index in [1.807, 2.05) is 18.7 Å². The summed E-state index contributed by atoms with van der Waals surface area (Å²) in [5.74, 6) is -1.40. The molecule has 1 aromatic heterocycles. The number of H-pyrrole nitrogens is 1. The van der Waals surface area contributed by atoms with Crippen molar-refractivity contribution in [3.05, 3.63) is 41.4 Å². The maximum absolute atomic E-state index is 14.9. The normalized spacial score (nSPS) is 17.1. The summed E-state index contributed by atoms with van der Waals surface area (Å²) in [5.41, 5.74) is 8.29. The van der Waals surface area contributed by atoms with Crippen LogP contribution in [-0.2, 0) is 4.79 Å². The maximum atomic E-state index is 14.9. The average molecular weight is 344 g/mol. The first-order chi connectivity index (χ1) is 11.8. The van der Waals surface area contributed by atoms with Crippen LogP contribution in [0.15, 0.2) is 18.7 Å². The molecule has 2 aromatic rings. The molecular weight excluding hydrogens is 323 g/mol. The Labute approximate surface area is 144 Å². The molecule has 1 atom stereocenters. The van der Waals surface area contributed by atoms with Gasteiger partial charge in [-0.25, -0.2) is 4.39 Å². The smallest absolute Gasteiger partial charge is 0.250 e. The number of anilines is 1. The number of hydrogen-bond donors (Lipinski definition) is 3. The van der Waals surface area contributed by atoms with E-state index in [1.165, 1.54) is 12.1 Å². The summed E-state index contributed by atoms with van der Waals surface area (Å²) in [6.07, 6.45) is 1.93. The molecule has 2 heterocycles. The zero-order chi connectivity index (χ0) is 18.3. The highest BCUT2D eigenvalue weighted by Gasteiger charge is 2.29. The molecule has 4 N–H and O–H groups in total. The lowest BCUT2D eigenvalue weighted by Crippen LogP contribution is -2.36. The minimum atomic E-state index is -0.672.